The molecule has 1 heterocycles. The largest absolute Gasteiger partial charge is 0.434 e. The highest BCUT2D eigenvalue weighted by Crippen LogP contribution is 2.29. The van der Waals surface area contributed by atoms with Crippen molar-refractivity contribution in [1.29, 1.82) is 0 Å². The van der Waals surface area contributed by atoms with Crippen LogP contribution in [-0.4, -0.2) is 41.0 Å². The van der Waals surface area contributed by atoms with Gasteiger partial charge in [-0.2, -0.15) is 13.2 Å². The van der Waals surface area contributed by atoms with E-state index in [9.17, 15) is 17.4 Å². The Kier molecular flexibility index (Phi) is 7.58. The van der Waals surface area contributed by atoms with Crippen molar-refractivity contribution in [2.24, 2.45) is 4.99 Å². The van der Waals surface area contributed by atoms with Crippen LogP contribution in [0, 0.1) is 0 Å². The first-order valence-electron chi connectivity index (χ1n) is 7.79. The second-order valence-corrected chi connectivity index (χ2v) is 7.68. The van der Waals surface area contributed by atoms with Crippen molar-refractivity contribution < 1.29 is 17.4 Å². The van der Waals surface area contributed by atoms with Gasteiger partial charge in [0.15, 0.2) is 11.7 Å². The molecule has 1 aromatic carbocycles. The first-order chi connectivity index (χ1) is 12.4. The van der Waals surface area contributed by atoms with Crippen LogP contribution in [0.25, 0.3) is 0 Å². The van der Waals surface area contributed by atoms with Crippen LogP contribution in [0.1, 0.15) is 10.7 Å². The molecular weight excluding hydrogens is 385 g/mol. The Labute approximate surface area is 156 Å². The van der Waals surface area contributed by atoms with E-state index in [2.05, 4.69) is 20.6 Å². The van der Waals surface area contributed by atoms with Crippen molar-refractivity contribution in [2.45, 2.75) is 17.5 Å². The average Bonchev–Trinajstić information content (AvgIpc) is 3.10. The third-order valence-electron chi connectivity index (χ3n) is 3.28. The van der Waals surface area contributed by atoms with Crippen molar-refractivity contribution >= 4 is 28.1 Å². The molecule has 0 aliphatic heterocycles. The highest BCUT2D eigenvalue weighted by atomic mass is 32.2. The standard InChI is InChI=1S/C16H19F3N4OS2/c1-20-15(22-9-10-26(24)12-5-3-2-4-6-12)21-8-7-14-23-13(11-25-14)16(17,18)19/h2-6,11H,7-10H2,1H3,(H2,20,21,22). The molecule has 2 aromatic rings. The molecule has 0 spiro atoms. The number of nitrogens with one attached hydrogen (secondary N) is 2. The summed E-state index contributed by atoms with van der Waals surface area (Å²) in [6.07, 6.45) is -4.05. The van der Waals surface area contributed by atoms with E-state index in [1.54, 1.807) is 7.05 Å². The maximum Gasteiger partial charge on any atom is 0.434 e. The van der Waals surface area contributed by atoms with Crippen molar-refractivity contribution in [1.82, 2.24) is 15.6 Å². The lowest BCUT2D eigenvalue weighted by Crippen LogP contribution is -2.40. The maximum absolute atomic E-state index is 12.5. The number of alkyl halides is 3. The second-order valence-electron chi connectivity index (χ2n) is 5.16. The first kappa shape index (κ1) is 20.4. The summed E-state index contributed by atoms with van der Waals surface area (Å²) in [6, 6.07) is 9.16. The van der Waals surface area contributed by atoms with E-state index in [1.165, 1.54) is 0 Å². The summed E-state index contributed by atoms with van der Waals surface area (Å²) in [5, 5.41) is 7.46. The molecule has 0 amide bonds. The molecule has 0 bridgehead atoms. The molecule has 0 radical (unpaired) electrons. The van der Waals surface area contributed by atoms with Crippen molar-refractivity contribution in [3.05, 3.63) is 46.4 Å². The number of halogens is 3. The fraction of sp³-hybridized carbons (Fsp3) is 0.375. The SMILES string of the molecule is CN=C(NCCc1nc(C(F)(F)F)cs1)NCCS(=O)c1ccccc1. The number of guanidine groups is 1. The molecule has 2 N–H and O–H groups in total. The Morgan fingerprint density at radius 1 is 1.23 bits per heavy atom. The summed E-state index contributed by atoms with van der Waals surface area (Å²) in [5.41, 5.74) is -0.858. The van der Waals surface area contributed by atoms with Gasteiger partial charge < -0.3 is 10.6 Å². The highest BCUT2D eigenvalue weighted by Gasteiger charge is 2.33. The third-order valence-corrected chi connectivity index (χ3v) is 5.56. The number of rotatable bonds is 7. The third kappa shape index (κ3) is 6.41. The smallest absolute Gasteiger partial charge is 0.356 e. The number of nitrogens with zero attached hydrogens (tertiary/aromatic N) is 2. The number of hydrogen-bond donors (Lipinski definition) is 2. The van der Waals surface area contributed by atoms with Crippen LogP contribution >= 0.6 is 11.3 Å². The summed E-state index contributed by atoms with van der Waals surface area (Å²) in [4.78, 5) is 8.37. The minimum atomic E-state index is -4.41. The number of benzene rings is 1. The first-order valence-corrected chi connectivity index (χ1v) is 9.99. The molecule has 0 saturated heterocycles. The molecule has 1 aromatic heterocycles. The lowest BCUT2D eigenvalue weighted by molar-refractivity contribution is -0.140. The van der Waals surface area contributed by atoms with Gasteiger partial charge in [-0.15, -0.1) is 11.3 Å². The van der Waals surface area contributed by atoms with E-state index >= 15 is 0 Å². The van der Waals surface area contributed by atoms with E-state index in [0.29, 0.717) is 36.2 Å². The zero-order valence-electron chi connectivity index (χ0n) is 14.0. The van der Waals surface area contributed by atoms with Gasteiger partial charge in [0.25, 0.3) is 0 Å². The van der Waals surface area contributed by atoms with E-state index in [0.717, 1.165) is 21.6 Å². The second kappa shape index (κ2) is 9.67. The lowest BCUT2D eigenvalue weighted by Gasteiger charge is -2.11. The van der Waals surface area contributed by atoms with Crippen LogP contribution < -0.4 is 10.6 Å². The van der Waals surface area contributed by atoms with Crippen molar-refractivity contribution in [3.63, 3.8) is 0 Å². The van der Waals surface area contributed by atoms with Gasteiger partial charge in [0, 0.05) is 42.6 Å². The number of aromatic nitrogens is 1. The number of hydrogen-bond acceptors (Lipinski definition) is 4. The van der Waals surface area contributed by atoms with Crippen LogP contribution in [0.5, 0.6) is 0 Å². The zero-order valence-corrected chi connectivity index (χ0v) is 15.7. The van der Waals surface area contributed by atoms with Gasteiger partial charge >= 0.3 is 6.18 Å². The molecule has 26 heavy (non-hydrogen) atoms. The average molecular weight is 404 g/mol. The molecule has 5 nitrogen and oxygen atoms in total. The predicted octanol–water partition coefficient (Wildman–Crippen LogP) is 2.68. The summed E-state index contributed by atoms with van der Waals surface area (Å²) in [6.45, 7) is 0.850. The van der Waals surface area contributed by atoms with E-state index in [4.69, 9.17) is 0 Å². The maximum atomic E-state index is 12.5. The summed E-state index contributed by atoms with van der Waals surface area (Å²) < 4.78 is 49.6. The van der Waals surface area contributed by atoms with E-state index in [-0.39, 0.29) is 0 Å². The number of thiazole rings is 1. The molecule has 0 aliphatic carbocycles. The molecule has 1 unspecified atom stereocenters. The lowest BCUT2D eigenvalue weighted by atomic mass is 10.4. The Morgan fingerprint density at radius 3 is 2.54 bits per heavy atom. The predicted molar refractivity (Wildman–Crippen MR) is 97.9 cm³/mol. The monoisotopic (exact) mass is 404 g/mol. The van der Waals surface area contributed by atoms with Crippen molar-refractivity contribution in [2.75, 3.05) is 25.9 Å². The fourth-order valence-corrected chi connectivity index (χ4v) is 3.81. The zero-order chi connectivity index (χ0) is 19.0. The fourth-order valence-electron chi connectivity index (χ4n) is 2.02. The van der Waals surface area contributed by atoms with Gasteiger partial charge in [-0.3, -0.25) is 9.20 Å². The minimum Gasteiger partial charge on any atom is -0.356 e. The molecule has 0 aliphatic rings. The summed E-state index contributed by atoms with van der Waals surface area (Å²) in [5.74, 6) is 0.925. The molecule has 1 atom stereocenters. The number of aliphatic imine (C=N–C) groups is 1. The molecule has 142 valence electrons. The molecular formula is C16H19F3N4OS2. The topological polar surface area (TPSA) is 66.4 Å². The molecule has 0 saturated carbocycles. The van der Waals surface area contributed by atoms with Crippen LogP contribution in [0.4, 0.5) is 13.2 Å². The quantitative estimate of drug-likeness (QED) is 0.550. The molecule has 2 rings (SSSR count). The van der Waals surface area contributed by atoms with Crippen LogP contribution in [-0.2, 0) is 23.4 Å². The van der Waals surface area contributed by atoms with Gasteiger partial charge in [0.05, 0.1) is 15.8 Å². The Hall–Kier alpha value is -1.94. The Bertz CT molecular complexity index is 747. The van der Waals surface area contributed by atoms with Gasteiger partial charge in [0.1, 0.15) is 0 Å². The van der Waals surface area contributed by atoms with E-state index < -0.39 is 22.7 Å². The van der Waals surface area contributed by atoms with Crippen LogP contribution in [0.2, 0.25) is 0 Å². The molecule has 0 fully saturated rings. The summed E-state index contributed by atoms with van der Waals surface area (Å²) in [7, 11) is 0.489. The van der Waals surface area contributed by atoms with Crippen LogP contribution in [0.15, 0.2) is 45.6 Å². The molecule has 10 heteroatoms. The van der Waals surface area contributed by atoms with Gasteiger partial charge in [-0.1, -0.05) is 18.2 Å². The Morgan fingerprint density at radius 2 is 1.92 bits per heavy atom. The van der Waals surface area contributed by atoms with Gasteiger partial charge in [-0.25, -0.2) is 4.98 Å². The van der Waals surface area contributed by atoms with Crippen LogP contribution in [0.3, 0.4) is 0 Å². The van der Waals surface area contributed by atoms with Gasteiger partial charge in [0.2, 0.25) is 0 Å². The van der Waals surface area contributed by atoms with E-state index in [1.807, 2.05) is 30.3 Å². The normalized spacial score (nSPS) is 13.5. The highest BCUT2D eigenvalue weighted by molar-refractivity contribution is 7.85. The minimum absolute atomic E-state index is 0.359. The Balaban J connectivity index is 1.71. The van der Waals surface area contributed by atoms with Crippen molar-refractivity contribution in [3.8, 4) is 0 Å². The summed E-state index contributed by atoms with van der Waals surface area (Å²) >= 11 is 0.983. The van der Waals surface area contributed by atoms with Gasteiger partial charge in [-0.05, 0) is 12.1 Å².